The minimum Gasteiger partial charge on any atom is -0.375 e. The largest absolute Gasteiger partial charge is 0.375 e. The molecule has 0 saturated heterocycles. The maximum atomic E-state index is 6.29. The van der Waals surface area contributed by atoms with E-state index in [9.17, 15) is 0 Å². The van der Waals surface area contributed by atoms with Gasteiger partial charge in [0.15, 0.2) is 0 Å². The second-order valence-electron chi connectivity index (χ2n) is 7.98. The topological polar surface area (TPSA) is 18.5 Å². The van der Waals surface area contributed by atoms with Gasteiger partial charge in [-0.25, -0.2) is 0 Å². The molecule has 0 radical (unpaired) electrons. The molecule has 0 saturated carbocycles. The van der Waals surface area contributed by atoms with Gasteiger partial charge in [0.2, 0.25) is 0 Å². The SMILES string of the molecule is CC1=C[C@H](COC(C)(C)C)[C@H](OC(C)(C)C)[C@@H](C)C1. The molecule has 112 valence electrons. The van der Waals surface area contributed by atoms with Crippen LogP contribution in [0, 0.1) is 11.8 Å². The molecule has 2 heteroatoms. The molecule has 0 N–H and O–H groups in total. The van der Waals surface area contributed by atoms with Crippen molar-refractivity contribution in [3.8, 4) is 0 Å². The quantitative estimate of drug-likeness (QED) is 0.697. The Hall–Kier alpha value is -0.340. The Morgan fingerprint density at radius 1 is 1.11 bits per heavy atom. The smallest absolute Gasteiger partial charge is 0.0695 e. The first-order valence-corrected chi connectivity index (χ1v) is 7.47. The molecule has 0 aromatic rings. The summed E-state index contributed by atoms with van der Waals surface area (Å²) in [5.41, 5.74) is 1.27. The van der Waals surface area contributed by atoms with Crippen molar-refractivity contribution >= 4 is 0 Å². The molecule has 3 atom stereocenters. The zero-order chi connectivity index (χ0) is 14.8. The summed E-state index contributed by atoms with van der Waals surface area (Å²) in [5.74, 6) is 0.917. The van der Waals surface area contributed by atoms with E-state index in [0.29, 0.717) is 11.8 Å². The fraction of sp³-hybridized carbons (Fsp3) is 0.882. The first kappa shape index (κ1) is 16.7. The van der Waals surface area contributed by atoms with E-state index in [1.54, 1.807) is 0 Å². The van der Waals surface area contributed by atoms with Gasteiger partial charge in [-0.05, 0) is 60.8 Å². The minimum atomic E-state index is -0.0992. The summed E-state index contributed by atoms with van der Waals surface area (Å²) in [4.78, 5) is 0. The molecule has 0 bridgehead atoms. The molecule has 0 spiro atoms. The van der Waals surface area contributed by atoms with Crippen LogP contribution >= 0.6 is 0 Å². The summed E-state index contributed by atoms with van der Waals surface area (Å²) < 4.78 is 12.3. The van der Waals surface area contributed by atoms with Crippen molar-refractivity contribution in [2.24, 2.45) is 11.8 Å². The molecule has 0 aromatic carbocycles. The molecule has 0 aliphatic heterocycles. The average molecular weight is 268 g/mol. The van der Waals surface area contributed by atoms with E-state index in [1.165, 1.54) is 5.57 Å². The molecular formula is C17H32O2. The lowest BCUT2D eigenvalue weighted by Crippen LogP contribution is -2.41. The summed E-state index contributed by atoms with van der Waals surface area (Å²) in [7, 11) is 0. The summed E-state index contributed by atoms with van der Waals surface area (Å²) in [6, 6.07) is 0. The van der Waals surface area contributed by atoms with Crippen LogP contribution < -0.4 is 0 Å². The Morgan fingerprint density at radius 2 is 1.68 bits per heavy atom. The van der Waals surface area contributed by atoms with Crippen LogP contribution in [-0.4, -0.2) is 23.9 Å². The van der Waals surface area contributed by atoms with Crippen LogP contribution in [0.1, 0.15) is 61.8 Å². The van der Waals surface area contributed by atoms with Crippen molar-refractivity contribution in [1.82, 2.24) is 0 Å². The maximum Gasteiger partial charge on any atom is 0.0695 e. The molecule has 0 amide bonds. The molecule has 0 fully saturated rings. The van der Waals surface area contributed by atoms with Crippen molar-refractivity contribution in [2.45, 2.75) is 79.1 Å². The van der Waals surface area contributed by atoms with Gasteiger partial charge >= 0.3 is 0 Å². The van der Waals surface area contributed by atoms with E-state index in [0.717, 1.165) is 13.0 Å². The van der Waals surface area contributed by atoms with Gasteiger partial charge < -0.3 is 9.47 Å². The average Bonchev–Trinajstić information content (AvgIpc) is 2.16. The Morgan fingerprint density at radius 3 is 2.16 bits per heavy atom. The van der Waals surface area contributed by atoms with E-state index < -0.39 is 0 Å². The van der Waals surface area contributed by atoms with Crippen LogP contribution in [-0.2, 0) is 9.47 Å². The molecule has 19 heavy (non-hydrogen) atoms. The monoisotopic (exact) mass is 268 g/mol. The van der Waals surface area contributed by atoms with Gasteiger partial charge in [0.1, 0.15) is 0 Å². The number of allylic oxidation sites excluding steroid dienone is 1. The maximum absolute atomic E-state index is 6.29. The highest BCUT2D eigenvalue weighted by molar-refractivity contribution is 5.10. The van der Waals surface area contributed by atoms with Crippen molar-refractivity contribution in [3.05, 3.63) is 11.6 Å². The van der Waals surface area contributed by atoms with Crippen LogP contribution in [0.5, 0.6) is 0 Å². The van der Waals surface area contributed by atoms with E-state index >= 15 is 0 Å². The fourth-order valence-electron chi connectivity index (χ4n) is 2.68. The lowest BCUT2D eigenvalue weighted by Gasteiger charge is -2.39. The van der Waals surface area contributed by atoms with Gasteiger partial charge in [0, 0.05) is 5.92 Å². The van der Waals surface area contributed by atoms with Gasteiger partial charge in [-0.2, -0.15) is 0 Å². The van der Waals surface area contributed by atoms with Crippen molar-refractivity contribution in [1.29, 1.82) is 0 Å². The minimum absolute atomic E-state index is 0.0886. The first-order chi connectivity index (χ1) is 8.48. The molecule has 0 unspecified atom stereocenters. The summed E-state index contributed by atoms with van der Waals surface area (Å²) in [5, 5.41) is 0. The van der Waals surface area contributed by atoms with Crippen molar-refractivity contribution in [2.75, 3.05) is 6.61 Å². The van der Waals surface area contributed by atoms with Gasteiger partial charge in [0.25, 0.3) is 0 Å². The summed E-state index contributed by atoms with van der Waals surface area (Å²) in [6.45, 7) is 18.0. The number of hydrogen-bond acceptors (Lipinski definition) is 2. The standard InChI is InChI=1S/C17H32O2/c1-12-9-13(2)15(19-17(6,7)8)14(10-12)11-18-16(3,4)5/h10,13-15H,9,11H2,1-8H3/t13-,14+,15+/m0/s1. The van der Waals surface area contributed by atoms with E-state index in [1.807, 2.05) is 0 Å². The van der Waals surface area contributed by atoms with Crippen molar-refractivity contribution in [3.63, 3.8) is 0 Å². The normalized spacial score (nSPS) is 29.3. The third-order valence-electron chi connectivity index (χ3n) is 3.32. The molecular weight excluding hydrogens is 236 g/mol. The Bertz CT molecular complexity index is 317. The summed E-state index contributed by atoms with van der Waals surface area (Å²) in [6.07, 6.45) is 3.74. The summed E-state index contributed by atoms with van der Waals surface area (Å²) >= 11 is 0. The highest BCUT2D eigenvalue weighted by atomic mass is 16.5. The highest BCUT2D eigenvalue weighted by Gasteiger charge is 2.34. The number of rotatable bonds is 3. The van der Waals surface area contributed by atoms with Gasteiger partial charge in [-0.3, -0.25) is 0 Å². The molecule has 0 heterocycles. The van der Waals surface area contributed by atoms with Gasteiger partial charge in [-0.15, -0.1) is 0 Å². The van der Waals surface area contributed by atoms with Crippen LogP contribution in [0.3, 0.4) is 0 Å². The number of hydrogen-bond donors (Lipinski definition) is 0. The van der Waals surface area contributed by atoms with E-state index in [4.69, 9.17) is 9.47 Å². The van der Waals surface area contributed by atoms with Crippen LogP contribution in [0.4, 0.5) is 0 Å². The highest BCUT2D eigenvalue weighted by Crippen LogP contribution is 2.34. The fourth-order valence-corrected chi connectivity index (χ4v) is 2.68. The predicted molar refractivity (Wildman–Crippen MR) is 81.4 cm³/mol. The van der Waals surface area contributed by atoms with Crippen LogP contribution in [0.25, 0.3) is 0 Å². The Kier molecular flexibility index (Phi) is 5.25. The Labute approximate surface area is 119 Å². The zero-order valence-electron chi connectivity index (χ0n) is 14.0. The molecule has 1 aliphatic rings. The first-order valence-electron chi connectivity index (χ1n) is 7.47. The molecule has 1 aliphatic carbocycles. The predicted octanol–water partition coefficient (Wildman–Crippen LogP) is 4.59. The lowest BCUT2D eigenvalue weighted by atomic mass is 9.81. The Balaban J connectivity index is 2.78. The molecule has 0 aromatic heterocycles. The van der Waals surface area contributed by atoms with Crippen LogP contribution in [0.15, 0.2) is 11.6 Å². The van der Waals surface area contributed by atoms with Crippen LogP contribution in [0.2, 0.25) is 0 Å². The lowest BCUT2D eigenvalue weighted by molar-refractivity contribution is -0.124. The zero-order valence-corrected chi connectivity index (χ0v) is 14.0. The van der Waals surface area contributed by atoms with Crippen molar-refractivity contribution < 1.29 is 9.47 Å². The third-order valence-corrected chi connectivity index (χ3v) is 3.32. The third kappa shape index (κ3) is 6.09. The van der Waals surface area contributed by atoms with E-state index in [-0.39, 0.29) is 17.3 Å². The van der Waals surface area contributed by atoms with Gasteiger partial charge in [-0.1, -0.05) is 18.6 Å². The number of ether oxygens (including phenoxy) is 2. The van der Waals surface area contributed by atoms with Gasteiger partial charge in [0.05, 0.1) is 23.9 Å². The van der Waals surface area contributed by atoms with E-state index in [2.05, 4.69) is 61.5 Å². The second-order valence-corrected chi connectivity index (χ2v) is 7.98. The second kappa shape index (κ2) is 5.97. The molecule has 1 rings (SSSR count). The molecule has 2 nitrogen and oxygen atoms in total.